The molecular formula is C10H16N2OS. The maximum atomic E-state index is 10.8. The first-order valence-corrected chi connectivity index (χ1v) is 6.37. The monoisotopic (exact) mass is 212 g/mol. The molecule has 3 nitrogen and oxygen atoms in total. The molecule has 0 spiro atoms. The highest BCUT2D eigenvalue weighted by atomic mass is 32.2. The van der Waals surface area contributed by atoms with Gasteiger partial charge in [-0.05, 0) is 19.1 Å². The molecule has 2 atom stereocenters. The van der Waals surface area contributed by atoms with Gasteiger partial charge in [0, 0.05) is 41.6 Å². The molecule has 2 unspecified atom stereocenters. The highest BCUT2D eigenvalue weighted by Crippen LogP contribution is 2.06. The van der Waals surface area contributed by atoms with E-state index < -0.39 is 10.8 Å². The number of nitrogens with zero attached hydrogens (tertiary/aromatic N) is 1. The third kappa shape index (κ3) is 3.98. The summed E-state index contributed by atoms with van der Waals surface area (Å²) in [4.78, 5) is 4.24. The topological polar surface area (TPSA) is 42.0 Å². The van der Waals surface area contributed by atoms with E-state index >= 15 is 0 Å². The molecule has 4 heteroatoms. The molecule has 78 valence electrons. The summed E-state index contributed by atoms with van der Waals surface area (Å²) >= 11 is 0. The summed E-state index contributed by atoms with van der Waals surface area (Å²) in [6, 6.07) is 6.08. The molecule has 0 saturated heterocycles. The number of hydrogen-bond donors (Lipinski definition) is 1. The molecule has 1 N–H and O–H groups in total. The van der Waals surface area contributed by atoms with Gasteiger partial charge in [-0.15, -0.1) is 0 Å². The van der Waals surface area contributed by atoms with E-state index in [1.165, 1.54) is 0 Å². The van der Waals surface area contributed by atoms with Gasteiger partial charge in [0.2, 0.25) is 0 Å². The minimum Gasteiger partial charge on any atom is -0.308 e. The van der Waals surface area contributed by atoms with E-state index in [0.717, 1.165) is 12.2 Å². The van der Waals surface area contributed by atoms with Crippen LogP contribution in [0.25, 0.3) is 0 Å². The molecule has 1 rings (SSSR count). The molecule has 1 aromatic heterocycles. The number of aromatic nitrogens is 1. The molecule has 0 amide bonds. The average Bonchev–Trinajstić information content (AvgIpc) is 2.18. The van der Waals surface area contributed by atoms with E-state index in [9.17, 15) is 4.21 Å². The highest BCUT2D eigenvalue weighted by molar-refractivity contribution is 7.84. The largest absolute Gasteiger partial charge is 0.308 e. The second-order valence-corrected chi connectivity index (χ2v) is 4.76. The van der Waals surface area contributed by atoms with Crippen molar-refractivity contribution in [2.24, 2.45) is 0 Å². The predicted molar refractivity (Wildman–Crippen MR) is 59.6 cm³/mol. The fourth-order valence-electron chi connectivity index (χ4n) is 1.16. The van der Waals surface area contributed by atoms with Gasteiger partial charge in [-0.1, -0.05) is 6.07 Å². The molecule has 0 saturated carbocycles. The van der Waals surface area contributed by atoms with Crippen molar-refractivity contribution in [1.82, 2.24) is 10.3 Å². The van der Waals surface area contributed by atoms with Gasteiger partial charge in [0.25, 0.3) is 0 Å². The minimum absolute atomic E-state index is 0.222. The molecular weight excluding hydrogens is 196 g/mol. The van der Waals surface area contributed by atoms with Gasteiger partial charge in [0.15, 0.2) is 0 Å². The van der Waals surface area contributed by atoms with Crippen LogP contribution in [0.2, 0.25) is 0 Å². The molecule has 0 aliphatic rings. The quantitative estimate of drug-likeness (QED) is 0.795. The predicted octanol–water partition coefficient (Wildman–Crippen LogP) is 1.11. The molecule has 1 heterocycles. The molecule has 14 heavy (non-hydrogen) atoms. The minimum atomic E-state index is -0.721. The standard InChI is InChI=1S/C10H16N2OS/c1-9(11-7-8-14(2)13)10-5-3-4-6-12-10/h3-6,9,11H,7-8H2,1-2H3. The van der Waals surface area contributed by atoms with E-state index in [1.54, 1.807) is 12.5 Å². The second-order valence-electron chi connectivity index (χ2n) is 3.21. The lowest BCUT2D eigenvalue weighted by molar-refractivity contribution is 0.583. The summed E-state index contributed by atoms with van der Waals surface area (Å²) < 4.78 is 10.8. The van der Waals surface area contributed by atoms with Crippen molar-refractivity contribution >= 4 is 10.8 Å². The fourth-order valence-corrected chi connectivity index (χ4v) is 1.56. The van der Waals surface area contributed by atoms with Gasteiger partial charge in [0.05, 0.1) is 5.69 Å². The molecule has 0 aliphatic carbocycles. The van der Waals surface area contributed by atoms with Gasteiger partial charge in [-0.3, -0.25) is 9.19 Å². The third-order valence-corrected chi connectivity index (χ3v) is 2.75. The normalized spacial score (nSPS) is 15.0. The van der Waals surface area contributed by atoms with Gasteiger partial charge in [0.1, 0.15) is 0 Å². The van der Waals surface area contributed by atoms with E-state index in [0.29, 0.717) is 5.75 Å². The zero-order chi connectivity index (χ0) is 10.4. The van der Waals surface area contributed by atoms with Gasteiger partial charge in [-0.2, -0.15) is 0 Å². The maximum absolute atomic E-state index is 10.8. The van der Waals surface area contributed by atoms with Crippen LogP contribution < -0.4 is 5.32 Å². The number of rotatable bonds is 5. The Morgan fingerprint density at radius 2 is 2.36 bits per heavy atom. The molecule has 0 aliphatic heterocycles. The first kappa shape index (κ1) is 11.3. The third-order valence-electron chi connectivity index (χ3n) is 1.97. The Balaban J connectivity index is 2.36. The van der Waals surface area contributed by atoms with Crippen molar-refractivity contribution in [3.05, 3.63) is 30.1 Å². The number of pyridine rings is 1. The van der Waals surface area contributed by atoms with Crippen LogP contribution in [0.4, 0.5) is 0 Å². The van der Waals surface area contributed by atoms with Crippen LogP contribution in [0.1, 0.15) is 18.7 Å². The SMILES string of the molecule is CC(NCCS(C)=O)c1ccccn1. The van der Waals surface area contributed by atoms with Crippen LogP contribution in [0, 0.1) is 0 Å². The Labute approximate surface area is 87.4 Å². The van der Waals surface area contributed by atoms with E-state index in [1.807, 2.05) is 18.2 Å². The summed E-state index contributed by atoms with van der Waals surface area (Å²) in [5.41, 5.74) is 1.02. The lowest BCUT2D eigenvalue weighted by Gasteiger charge is -2.12. The van der Waals surface area contributed by atoms with E-state index in [-0.39, 0.29) is 6.04 Å². The summed E-state index contributed by atoms with van der Waals surface area (Å²) in [6.07, 6.45) is 3.50. The van der Waals surface area contributed by atoms with E-state index in [2.05, 4.69) is 17.2 Å². The van der Waals surface area contributed by atoms with Gasteiger partial charge in [-0.25, -0.2) is 0 Å². The Morgan fingerprint density at radius 1 is 1.57 bits per heavy atom. The zero-order valence-electron chi connectivity index (χ0n) is 8.56. The molecule has 0 aromatic carbocycles. The van der Waals surface area contributed by atoms with Crippen LogP contribution in [-0.4, -0.2) is 27.7 Å². The number of hydrogen-bond acceptors (Lipinski definition) is 3. The van der Waals surface area contributed by atoms with Gasteiger partial charge >= 0.3 is 0 Å². The van der Waals surface area contributed by atoms with E-state index in [4.69, 9.17) is 0 Å². The van der Waals surface area contributed by atoms with Crippen LogP contribution in [0.15, 0.2) is 24.4 Å². The average molecular weight is 212 g/mol. The fraction of sp³-hybridized carbons (Fsp3) is 0.500. The van der Waals surface area contributed by atoms with Crippen LogP contribution in [0.5, 0.6) is 0 Å². The Bertz CT molecular complexity index is 289. The first-order valence-electron chi connectivity index (χ1n) is 4.64. The Kier molecular flexibility index (Phi) is 4.76. The lowest BCUT2D eigenvalue weighted by atomic mass is 10.2. The molecule has 0 bridgehead atoms. The van der Waals surface area contributed by atoms with Crippen LogP contribution in [-0.2, 0) is 10.8 Å². The maximum Gasteiger partial charge on any atom is 0.0570 e. The lowest BCUT2D eigenvalue weighted by Crippen LogP contribution is -2.24. The Hall–Kier alpha value is -0.740. The summed E-state index contributed by atoms with van der Waals surface area (Å²) in [6.45, 7) is 2.82. The van der Waals surface area contributed by atoms with Crippen molar-refractivity contribution in [2.75, 3.05) is 18.6 Å². The smallest absolute Gasteiger partial charge is 0.0570 e. The molecule has 0 fully saturated rings. The second kappa shape index (κ2) is 5.88. The van der Waals surface area contributed by atoms with Crippen LogP contribution >= 0.6 is 0 Å². The zero-order valence-corrected chi connectivity index (χ0v) is 9.38. The summed E-state index contributed by atoms with van der Waals surface area (Å²) in [5.74, 6) is 0.692. The van der Waals surface area contributed by atoms with Crippen molar-refractivity contribution in [2.45, 2.75) is 13.0 Å². The van der Waals surface area contributed by atoms with Crippen molar-refractivity contribution in [3.8, 4) is 0 Å². The van der Waals surface area contributed by atoms with Gasteiger partial charge < -0.3 is 5.32 Å². The molecule has 1 aromatic rings. The summed E-state index contributed by atoms with van der Waals surface area (Å²) in [5, 5.41) is 3.27. The Morgan fingerprint density at radius 3 is 2.93 bits per heavy atom. The van der Waals surface area contributed by atoms with Crippen LogP contribution in [0.3, 0.4) is 0 Å². The first-order chi connectivity index (χ1) is 6.70. The molecule has 0 radical (unpaired) electrons. The van der Waals surface area contributed by atoms with Crippen molar-refractivity contribution < 1.29 is 4.21 Å². The van der Waals surface area contributed by atoms with Crippen molar-refractivity contribution in [3.63, 3.8) is 0 Å². The summed E-state index contributed by atoms with van der Waals surface area (Å²) in [7, 11) is -0.721. The number of nitrogens with one attached hydrogen (secondary N) is 1. The van der Waals surface area contributed by atoms with Crippen molar-refractivity contribution in [1.29, 1.82) is 0 Å². The highest BCUT2D eigenvalue weighted by Gasteiger charge is 2.04.